The summed E-state index contributed by atoms with van der Waals surface area (Å²) in [6.07, 6.45) is 2.13. The lowest BCUT2D eigenvalue weighted by atomic mass is 9.43. The minimum atomic E-state index is -1.52. The highest BCUT2D eigenvalue weighted by atomic mass is 16.7. The fourth-order valence-corrected chi connectivity index (χ4v) is 9.73. The van der Waals surface area contributed by atoms with E-state index in [2.05, 4.69) is 42.0 Å². The Morgan fingerprint density at radius 3 is 2.10 bits per heavy atom. The van der Waals surface area contributed by atoms with Gasteiger partial charge in [-0.05, 0) is 98.7 Å². The number of carbonyl (C=O) groups excluding carboxylic acids is 5. The molecular formula is C43H65BN6O12. The Bertz CT molecular complexity index is 1850. The molecule has 0 spiro atoms. The van der Waals surface area contributed by atoms with Crippen LogP contribution in [0.3, 0.4) is 0 Å². The second kappa shape index (κ2) is 19.7. The summed E-state index contributed by atoms with van der Waals surface area (Å²) >= 11 is 0. The van der Waals surface area contributed by atoms with Gasteiger partial charge in [-0.15, -0.1) is 0 Å². The van der Waals surface area contributed by atoms with Gasteiger partial charge in [-0.2, -0.15) is 0 Å². The van der Waals surface area contributed by atoms with Gasteiger partial charge in [0.2, 0.25) is 29.5 Å². The summed E-state index contributed by atoms with van der Waals surface area (Å²) in [5.41, 5.74) is 6.21. The van der Waals surface area contributed by atoms with Gasteiger partial charge in [-0.3, -0.25) is 33.6 Å². The maximum Gasteiger partial charge on any atom is 0.481 e. The first kappa shape index (κ1) is 48.3. The van der Waals surface area contributed by atoms with Crippen molar-refractivity contribution in [3.63, 3.8) is 0 Å². The molecule has 3 saturated carbocycles. The van der Waals surface area contributed by atoms with Gasteiger partial charge in [-0.1, -0.05) is 53.7 Å². The summed E-state index contributed by atoms with van der Waals surface area (Å²) in [5, 5.41) is 39.0. The van der Waals surface area contributed by atoms with E-state index in [9.17, 15) is 43.8 Å². The number of aliphatic carboxylic acids is 2. The van der Waals surface area contributed by atoms with Gasteiger partial charge in [0.05, 0.1) is 30.1 Å². The van der Waals surface area contributed by atoms with Crippen molar-refractivity contribution >= 4 is 48.6 Å². The maximum atomic E-state index is 14.4. The summed E-state index contributed by atoms with van der Waals surface area (Å²) in [4.78, 5) is 92.7. The third kappa shape index (κ3) is 10.9. The van der Waals surface area contributed by atoms with Crippen LogP contribution in [0.15, 0.2) is 24.3 Å². The van der Waals surface area contributed by atoms with Crippen LogP contribution in [0.25, 0.3) is 0 Å². The van der Waals surface area contributed by atoms with E-state index in [0.29, 0.717) is 37.5 Å². The number of nitrogens with zero attached hydrogens (tertiary/aromatic N) is 1. The van der Waals surface area contributed by atoms with Crippen LogP contribution in [0.2, 0.25) is 0 Å². The molecule has 62 heavy (non-hydrogen) atoms. The van der Waals surface area contributed by atoms with E-state index in [1.54, 1.807) is 39.8 Å². The third-order valence-corrected chi connectivity index (χ3v) is 13.6. The van der Waals surface area contributed by atoms with Crippen LogP contribution in [0.5, 0.6) is 5.75 Å². The van der Waals surface area contributed by atoms with E-state index in [4.69, 9.17) is 20.1 Å². The van der Waals surface area contributed by atoms with E-state index in [1.165, 1.54) is 4.90 Å². The van der Waals surface area contributed by atoms with Crippen LogP contribution in [-0.4, -0.2) is 123 Å². The zero-order valence-electron chi connectivity index (χ0n) is 36.8. The number of likely N-dealkylation sites (tertiary alicyclic amines) is 1. The van der Waals surface area contributed by atoms with Gasteiger partial charge in [0, 0.05) is 13.0 Å². The standard InChI is InChI=1S/C43H65BN6O12/c1-22(2)35(48-38(57)28(15-17-33(52)53)46-37(56)27(45)21-34(54)55)40(59)49-36(23(3)4)41(60)50-18-8-9-29(50)39(58)47-32(16-12-24-10-13-26(51)14-11-24)44-61-31-20-25-19-30(42(25,5)6)43(31,7)62-44/h10-11,13-14,22-23,25,27-32,35-36,51H,8-9,12,15-21,45H2,1-7H3,(H,46,56)(H,47,58)(H,48,57)(H,49,59)(H,52,53)(H,54,55)/t25-,27-,28-,29-,30-,31-,32-,35-,36-,43+/m0/s1. The maximum absolute atomic E-state index is 14.4. The number of benzene rings is 1. The van der Waals surface area contributed by atoms with Crippen LogP contribution >= 0.6 is 0 Å². The Hall–Kier alpha value is -4.75. The summed E-state index contributed by atoms with van der Waals surface area (Å²) in [5.74, 6) is -6.63. The highest BCUT2D eigenvalue weighted by molar-refractivity contribution is 6.48. The number of carboxylic acid groups (broad SMARTS) is 2. The monoisotopic (exact) mass is 868 g/mol. The molecule has 0 aromatic heterocycles. The van der Waals surface area contributed by atoms with E-state index < -0.39 is 109 Å². The van der Waals surface area contributed by atoms with Crippen molar-refractivity contribution in [2.24, 2.45) is 34.8 Å². The average molecular weight is 869 g/mol. The molecule has 1 aromatic carbocycles. The minimum absolute atomic E-state index is 0.114. The normalized spacial score (nSPS) is 26.0. The van der Waals surface area contributed by atoms with Crippen molar-refractivity contribution in [2.45, 2.75) is 154 Å². The number of hydrogen-bond donors (Lipinski definition) is 8. The van der Waals surface area contributed by atoms with Crippen molar-refractivity contribution < 1.29 is 58.2 Å². The van der Waals surface area contributed by atoms with Crippen molar-refractivity contribution in [1.29, 1.82) is 0 Å². The molecule has 9 N–H and O–H groups in total. The number of phenols is 1. The number of carbonyl (C=O) groups is 7. The fraction of sp³-hybridized carbons (Fsp3) is 0.698. The number of amides is 5. The Morgan fingerprint density at radius 2 is 1.50 bits per heavy atom. The highest BCUT2D eigenvalue weighted by Gasteiger charge is 2.68. The number of hydrogen-bond acceptors (Lipinski definition) is 11. The Labute approximate surface area is 363 Å². The molecule has 5 amide bonds. The van der Waals surface area contributed by atoms with E-state index in [-0.39, 0.29) is 36.1 Å². The second-order valence-electron chi connectivity index (χ2n) is 19.0. The van der Waals surface area contributed by atoms with Crippen LogP contribution in [0.4, 0.5) is 0 Å². The molecule has 0 radical (unpaired) electrons. The molecule has 5 aliphatic rings. The Kier molecular flexibility index (Phi) is 15.4. The van der Waals surface area contributed by atoms with Gasteiger partial charge in [0.1, 0.15) is 29.9 Å². The van der Waals surface area contributed by atoms with E-state index >= 15 is 0 Å². The molecule has 1 aromatic rings. The first-order valence-corrected chi connectivity index (χ1v) is 21.9. The largest absolute Gasteiger partial charge is 0.508 e. The lowest BCUT2D eigenvalue weighted by Gasteiger charge is -2.64. The third-order valence-electron chi connectivity index (χ3n) is 13.6. The smallest absolute Gasteiger partial charge is 0.481 e. The van der Waals surface area contributed by atoms with Crippen molar-refractivity contribution in [1.82, 2.24) is 26.2 Å². The summed E-state index contributed by atoms with van der Waals surface area (Å²) in [7, 11) is -0.726. The molecule has 2 heterocycles. The fourth-order valence-electron chi connectivity index (χ4n) is 9.73. The molecule has 2 aliphatic heterocycles. The summed E-state index contributed by atoms with van der Waals surface area (Å²) < 4.78 is 13.4. The number of aromatic hydroxyl groups is 1. The number of carboxylic acids is 2. The van der Waals surface area contributed by atoms with Gasteiger partial charge in [0.15, 0.2) is 0 Å². The number of aryl methyl sites for hydroxylation is 1. The first-order valence-electron chi connectivity index (χ1n) is 21.9. The van der Waals surface area contributed by atoms with Crippen LogP contribution in [0.1, 0.15) is 105 Å². The molecule has 0 unspecified atom stereocenters. The Balaban J connectivity index is 1.28. The highest BCUT2D eigenvalue weighted by Crippen LogP contribution is 2.65. The minimum Gasteiger partial charge on any atom is -0.508 e. The quantitative estimate of drug-likeness (QED) is 0.0865. The van der Waals surface area contributed by atoms with Gasteiger partial charge < -0.3 is 56.5 Å². The zero-order chi connectivity index (χ0) is 45.8. The molecule has 342 valence electrons. The van der Waals surface area contributed by atoms with Crippen molar-refractivity contribution in [3.8, 4) is 5.75 Å². The van der Waals surface area contributed by atoms with Crippen LogP contribution in [0, 0.1) is 29.1 Å². The van der Waals surface area contributed by atoms with Gasteiger partial charge in [0.25, 0.3) is 0 Å². The zero-order valence-corrected chi connectivity index (χ0v) is 36.8. The summed E-state index contributed by atoms with van der Waals surface area (Å²) in [6.45, 7) is 13.7. The van der Waals surface area contributed by atoms with Crippen molar-refractivity contribution in [2.75, 3.05) is 6.54 Å². The number of phenolic OH excluding ortho intramolecular Hbond substituents is 1. The molecule has 2 saturated heterocycles. The number of nitrogens with two attached hydrogens (primary N) is 1. The molecular weight excluding hydrogens is 803 g/mol. The number of rotatable bonds is 20. The van der Waals surface area contributed by atoms with Crippen LogP contribution < -0.4 is 27.0 Å². The molecule has 19 heteroatoms. The van der Waals surface area contributed by atoms with E-state index in [0.717, 1.165) is 18.4 Å². The lowest BCUT2D eigenvalue weighted by Crippen LogP contribution is -2.65. The summed E-state index contributed by atoms with van der Waals surface area (Å²) in [6, 6.07) is 0.702. The van der Waals surface area contributed by atoms with Crippen LogP contribution in [-0.2, 0) is 49.3 Å². The molecule has 18 nitrogen and oxygen atoms in total. The molecule has 5 fully saturated rings. The second-order valence-corrected chi connectivity index (χ2v) is 19.0. The first-order chi connectivity index (χ1) is 29.0. The predicted molar refractivity (Wildman–Crippen MR) is 226 cm³/mol. The Morgan fingerprint density at radius 1 is 0.855 bits per heavy atom. The van der Waals surface area contributed by atoms with Gasteiger partial charge >= 0.3 is 19.1 Å². The molecule has 10 atom stereocenters. The average Bonchev–Trinajstić information content (AvgIpc) is 3.83. The number of nitrogens with one attached hydrogen (secondary N) is 4. The lowest BCUT2D eigenvalue weighted by molar-refractivity contribution is -0.199. The molecule has 6 rings (SSSR count). The predicted octanol–water partition coefficient (Wildman–Crippen LogP) is 1.50. The van der Waals surface area contributed by atoms with E-state index in [1.807, 2.05) is 12.1 Å². The molecule has 3 aliphatic carbocycles. The van der Waals surface area contributed by atoms with Gasteiger partial charge in [-0.25, -0.2) is 0 Å². The SMILES string of the molecule is CC(C)[C@H](NC(=O)[C@H](CCC(=O)O)NC(=O)[C@@H](N)CC(=O)O)C(=O)N[C@H](C(=O)N1CCC[C@H]1C(=O)N[C@@H](CCc1ccc(O)cc1)B1O[C@H]2C[C@@H]3C[C@@H](C3(C)C)[C@@]2(C)O1)C(C)C. The van der Waals surface area contributed by atoms with Crippen molar-refractivity contribution in [3.05, 3.63) is 29.8 Å². The molecule has 2 bridgehead atoms. The topological polar surface area (TPSA) is 276 Å².